The summed E-state index contributed by atoms with van der Waals surface area (Å²) in [5, 5.41) is 4.65. The predicted octanol–water partition coefficient (Wildman–Crippen LogP) is 12.9. The van der Waals surface area contributed by atoms with Gasteiger partial charge in [0.05, 0.1) is 11.0 Å². The maximum absolute atomic E-state index is 5.68. The fraction of sp³-hybridized carbons (Fsp3) is 0.0943. The SMILES string of the molecule is Cc1cc(C)c2c(c1)[n-]c1c(-c3nc4c(-c5[c-]c6c(cc5)c5ccccc5n6-c5ccccn5)cccc4n3-c3ccccc3)cc(C(C)(C)c3ccccc3)cc12.[Pt+2]. The zero-order chi connectivity index (χ0) is 39.1. The Morgan fingerprint density at radius 1 is 0.610 bits per heavy atom. The standard InChI is InChI=1S/C53H39N5.Pt/c1-33-28-34(2)49-42-31-37(53(3,4)36-16-7-5-8-17-36)32-43(50(42)55-44(49)29-33)52-56-51-39(21-15-23-46(51)57(52)38-18-9-6-10-19-38)35-25-26-41-40-20-11-12-22-45(40)58(47(41)30-35)48-24-13-14-27-54-48;/h5-29,31-32H,1-4H3;/q-2;+2. The molecule has 0 fully saturated rings. The molecule has 0 N–H and O–H groups in total. The van der Waals surface area contributed by atoms with E-state index < -0.39 is 0 Å². The number of para-hydroxylation sites is 3. The van der Waals surface area contributed by atoms with Crippen molar-refractivity contribution in [2.24, 2.45) is 0 Å². The molecule has 286 valence electrons. The fourth-order valence-corrected chi connectivity index (χ4v) is 9.11. The van der Waals surface area contributed by atoms with Crippen molar-refractivity contribution >= 4 is 54.6 Å². The molecule has 0 saturated heterocycles. The minimum absolute atomic E-state index is 0. The Morgan fingerprint density at radius 3 is 2.15 bits per heavy atom. The largest absolute Gasteiger partial charge is 2.00 e. The first-order valence-corrected chi connectivity index (χ1v) is 19.9. The first-order valence-electron chi connectivity index (χ1n) is 19.9. The number of pyridine rings is 1. The zero-order valence-corrected chi connectivity index (χ0v) is 35.4. The van der Waals surface area contributed by atoms with Gasteiger partial charge in [0.1, 0.15) is 11.6 Å². The van der Waals surface area contributed by atoms with E-state index in [4.69, 9.17) is 15.0 Å². The van der Waals surface area contributed by atoms with E-state index in [1.54, 1.807) is 0 Å². The summed E-state index contributed by atoms with van der Waals surface area (Å²) in [4.78, 5) is 15.9. The van der Waals surface area contributed by atoms with E-state index in [1.165, 1.54) is 33.0 Å². The van der Waals surface area contributed by atoms with Gasteiger partial charge < -0.3 is 9.55 Å². The third kappa shape index (κ3) is 5.79. The third-order valence-electron chi connectivity index (χ3n) is 12.0. The number of rotatable bonds is 6. The Labute approximate surface area is 357 Å². The van der Waals surface area contributed by atoms with E-state index in [-0.39, 0.29) is 26.5 Å². The van der Waals surface area contributed by atoms with Crippen molar-refractivity contribution < 1.29 is 21.1 Å². The van der Waals surface area contributed by atoms with Crippen LogP contribution in [0.5, 0.6) is 0 Å². The van der Waals surface area contributed by atoms with Gasteiger partial charge in [0.2, 0.25) is 0 Å². The quantitative estimate of drug-likeness (QED) is 0.156. The van der Waals surface area contributed by atoms with Gasteiger partial charge in [0.15, 0.2) is 0 Å². The number of imidazole rings is 1. The smallest absolute Gasteiger partial charge is 0.656 e. The molecule has 4 aromatic heterocycles. The van der Waals surface area contributed by atoms with E-state index in [2.05, 4.69) is 188 Å². The Bertz CT molecular complexity index is 3370. The predicted molar refractivity (Wildman–Crippen MR) is 239 cm³/mol. The third-order valence-corrected chi connectivity index (χ3v) is 12.0. The minimum Gasteiger partial charge on any atom is -0.656 e. The van der Waals surface area contributed by atoms with Crippen molar-refractivity contribution in [2.45, 2.75) is 33.1 Å². The van der Waals surface area contributed by atoms with Gasteiger partial charge in [-0.3, -0.25) is 4.57 Å². The Balaban J connectivity index is 0.00000420. The van der Waals surface area contributed by atoms with Crippen LogP contribution in [0.4, 0.5) is 0 Å². The maximum atomic E-state index is 5.68. The summed E-state index contributed by atoms with van der Waals surface area (Å²) in [6.45, 7) is 8.99. The molecule has 4 heterocycles. The van der Waals surface area contributed by atoms with Crippen molar-refractivity contribution in [1.29, 1.82) is 0 Å². The van der Waals surface area contributed by atoms with Gasteiger partial charge in [-0.05, 0) is 94.7 Å². The second-order valence-electron chi connectivity index (χ2n) is 16.0. The monoisotopic (exact) mass is 940 g/mol. The summed E-state index contributed by atoms with van der Waals surface area (Å²) in [5.41, 5.74) is 14.6. The molecule has 0 bridgehead atoms. The molecule has 11 rings (SSSR count). The minimum atomic E-state index is -0.294. The Hall–Kier alpha value is -6.55. The van der Waals surface area contributed by atoms with E-state index >= 15 is 0 Å². The van der Waals surface area contributed by atoms with Gasteiger partial charge in [-0.2, -0.15) is 0 Å². The van der Waals surface area contributed by atoms with Gasteiger partial charge >= 0.3 is 21.1 Å². The summed E-state index contributed by atoms with van der Waals surface area (Å²) < 4.78 is 4.53. The summed E-state index contributed by atoms with van der Waals surface area (Å²) in [6.07, 6.45) is 1.85. The van der Waals surface area contributed by atoms with Crippen molar-refractivity contribution in [3.8, 4) is 34.0 Å². The molecular weight excluding hydrogens is 902 g/mol. The topological polar surface area (TPSA) is 49.7 Å². The molecule has 0 unspecified atom stereocenters. The van der Waals surface area contributed by atoms with E-state index in [0.29, 0.717) is 0 Å². The van der Waals surface area contributed by atoms with Crippen LogP contribution in [-0.2, 0) is 26.5 Å². The molecule has 0 aliphatic carbocycles. The van der Waals surface area contributed by atoms with Gasteiger partial charge in [0, 0.05) is 28.4 Å². The van der Waals surface area contributed by atoms with Crippen LogP contribution in [-0.4, -0.2) is 19.1 Å². The fourth-order valence-electron chi connectivity index (χ4n) is 9.11. The molecule has 0 saturated carbocycles. The van der Waals surface area contributed by atoms with Gasteiger partial charge in [-0.1, -0.05) is 133 Å². The second-order valence-corrected chi connectivity index (χ2v) is 16.0. The molecule has 0 aliphatic rings. The molecule has 11 aromatic rings. The van der Waals surface area contributed by atoms with Crippen molar-refractivity contribution in [3.05, 3.63) is 192 Å². The average molecular weight is 941 g/mol. The molecule has 59 heavy (non-hydrogen) atoms. The number of aromatic nitrogens is 5. The summed E-state index contributed by atoms with van der Waals surface area (Å²) in [7, 11) is 0. The average Bonchev–Trinajstić information content (AvgIpc) is 3.94. The summed E-state index contributed by atoms with van der Waals surface area (Å²) >= 11 is 0. The summed E-state index contributed by atoms with van der Waals surface area (Å²) in [6, 6.07) is 59.9. The van der Waals surface area contributed by atoms with Crippen molar-refractivity contribution in [2.75, 3.05) is 0 Å². The molecule has 0 spiro atoms. The maximum Gasteiger partial charge on any atom is 2.00 e. The first kappa shape index (κ1) is 36.8. The molecule has 6 heteroatoms. The van der Waals surface area contributed by atoms with E-state index in [1.807, 2.05) is 18.3 Å². The number of hydrogen-bond donors (Lipinski definition) is 0. The summed E-state index contributed by atoms with van der Waals surface area (Å²) in [5.74, 6) is 1.71. The second kappa shape index (κ2) is 14.1. The van der Waals surface area contributed by atoms with Crippen molar-refractivity contribution in [3.63, 3.8) is 0 Å². The van der Waals surface area contributed by atoms with Gasteiger partial charge in [0.25, 0.3) is 0 Å². The van der Waals surface area contributed by atoms with E-state index in [0.717, 1.165) is 77.9 Å². The van der Waals surface area contributed by atoms with Gasteiger partial charge in [-0.15, -0.1) is 34.8 Å². The van der Waals surface area contributed by atoms with Crippen LogP contribution in [0.15, 0.2) is 164 Å². The van der Waals surface area contributed by atoms with Crippen molar-refractivity contribution in [1.82, 2.24) is 24.1 Å². The molecule has 7 aromatic carbocycles. The molecule has 0 radical (unpaired) electrons. The number of fused-ring (bicyclic) bond motifs is 7. The van der Waals surface area contributed by atoms with Crippen LogP contribution in [0.25, 0.3) is 88.7 Å². The Kier molecular flexibility index (Phi) is 8.77. The van der Waals surface area contributed by atoms with Crippen LogP contribution in [0.3, 0.4) is 0 Å². The number of benzene rings is 7. The van der Waals surface area contributed by atoms with Crippen LogP contribution in [0.1, 0.15) is 36.1 Å². The van der Waals surface area contributed by atoms with Gasteiger partial charge in [-0.25, -0.2) is 9.97 Å². The molecule has 5 nitrogen and oxygen atoms in total. The Morgan fingerprint density at radius 2 is 1.36 bits per heavy atom. The molecule has 0 atom stereocenters. The zero-order valence-electron chi connectivity index (χ0n) is 33.1. The number of nitrogens with zero attached hydrogens (tertiary/aromatic N) is 5. The molecule has 0 aliphatic heterocycles. The van der Waals surface area contributed by atoms with Crippen LogP contribution >= 0.6 is 0 Å². The number of aryl methyl sites for hydroxylation is 2. The normalized spacial score (nSPS) is 11.9. The molecule has 0 amide bonds. The van der Waals surface area contributed by atoms with Crippen LogP contribution in [0, 0.1) is 19.9 Å². The first-order chi connectivity index (χ1) is 28.3. The molecular formula is C53H39N5Pt. The van der Waals surface area contributed by atoms with E-state index in [9.17, 15) is 0 Å². The number of hydrogen-bond acceptors (Lipinski definition) is 2. The van der Waals surface area contributed by atoms with Crippen LogP contribution < -0.4 is 4.98 Å². The van der Waals surface area contributed by atoms with Crippen LogP contribution in [0.2, 0.25) is 0 Å².